The smallest absolute Gasteiger partial charge is 0.269 e. The molecule has 2 amide bonds. The van der Waals surface area contributed by atoms with Crippen molar-refractivity contribution in [1.29, 1.82) is 0 Å². The fourth-order valence-electron chi connectivity index (χ4n) is 3.20. The number of nitrogens with one attached hydrogen (secondary N) is 2. The first-order valence-electron chi connectivity index (χ1n) is 10.5. The average molecular weight is 505 g/mol. The highest BCUT2D eigenvalue weighted by Gasteiger charge is 2.23. The van der Waals surface area contributed by atoms with E-state index in [0.29, 0.717) is 16.4 Å². The lowest BCUT2D eigenvalue weighted by atomic mass is 10.1. The predicted octanol–water partition coefficient (Wildman–Crippen LogP) is 6.08. The number of anilines is 2. The van der Waals surface area contributed by atoms with Gasteiger partial charge in [0.15, 0.2) is 5.13 Å². The number of carbonyl (C=O) groups is 2. The van der Waals surface area contributed by atoms with Crippen molar-refractivity contribution in [3.05, 3.63) is 111 Å². The summed E-state index contributed by atoms with van der Waals surface area (Å²) in [7, 11) is 0. The molecule has 0 aliphatic carbocycles. The third-order valence-electron chi connectivity index (χ3n) is 4.88. The quantitative estimate of drug-likeness (QED) is 0.171. The third kappa shape index (κ3) is 6.31. The molecule has 4 rings (SSSR count). The van der Waals surface area contributed by atoms with Gasteiger partial charge >= 0.3 is 0 Å². The molecule has 8 nitrogen and oxygen atoms in total. The van der Waals surface area contributed by atoms with Crippen LogP contribution in [0.5, 0.6) is 0 Å². The molecule has 0 saturated carbocycles. The van der Waals surface area contributed by atoms with Gasteiger partial charge in [-0.05, 0) is 42.8 Å². The summed E-state index contributed by atoms with van der Waals surface area (Å²) in [5.41, 5.74) is 2.43. The van der Waals surface area contributed by atoms with Gasteiger partial charge in [0.05, 0.1) is 10.6 Å². The molecule has 3 aromatic carbocycles. The van der Waals surface area contributed by atoms with E-state index < -0.39 is 16.1 Å². The molecular formula is C25H20N4O4S2. The van der Waals surface area contributed by atoms with Gasteiger partial charge in [0.1, 0.15) is 5.25 Å². The Kier molecular flexibility index (Phi) is 7.54. The van der Waals surface area contributed by atoms with Crippen LogP contribution in [-0.4, -0.2) is 21.7 Å². The van der Waals surface area contributed by atoms with Crippen molar-refractivity contribution in [3.63, 3.8) is 0 Å². The van der Waals surface area contributed by atoms with E-state index in [-0.39, 0.29) is 11.6 Å². The minimum atomic E-state index is -0.541. The highest BCUT2D eigenvalue weighted by atomic mass is 32.2. The van der Waals surface area contributed by atoms with E-state index >= 15 is 0 Å². The average Bonchev–Trinajstić information content (AvgIpc) is 3.27. The Morgan fingerprint density at radius 2 is 1.74 bits per heavy atom. The van der Waals surface area contributed by atoms with Crippen LogP contribution in [-0.2, 0) is 4.79 Å². The minimum Gasteiger partial charge on any atom is -0.322 e. The zero-order valence-electron chi connectivity index (χ0n) is 18.5. The summed E-state index contributed by atoms with van der Waals surface area (Å²) in [6, 6.07) is 22.0. The topological polar surface area (TPSA) is 114 Å². The highest BCUT2D eigenvalue weighted by molar-refractivity contribution is 8.00. The molecule has 0 aliphatic rings. The van der Waals surface area contributed by atoms with Crippen molar-refractivity contribution < 1.29 is 14.5 Å². The molecule has 0 bridgehead atoms. The number of rotatable bonds is 8. The number of benzene rings is 3. The number of non-ortho nitro benzene ring substituents is 1. The number of thioether (sulfide) groups is 1. The van der Waals surface area contributed by atoms with Gasteiger partial charge in [0, 0.05) is 33.7 Å². The molecule has 1 heterocycles. The van der Waals surface area contributed by atoms with Gasteiger partial charge in [-0.15, -0.1) is 23.1 Å². The summed E-state index contributed by atoms with van der Waals surface area (Å²) in [5.74, 6) is -0.589. The monoisotopic (exact) mass is 504 g/mol. The van der Waals surface area contributed by atoms with Crippen LogP contribution in [0.25, 0.3) is 0 Å². The van der Waals surface area contributed by atoms with E-state index in [1.165, 1.54) is 47.4 Å². The van der Waals surface area contributed by atoms with Crippen molar-refractivity contribution in [2.45, 2.75) is 17.1 Å². The first-order chi connectivity index (χ1) is 16.9. The number of hydrogen-bond acceptors (Lipinski definition) is 7. The largest absolute Gasteiger partial charge is 0.322 e. The fraction of sp³-hybridized carbons (Fsp3) is 0.0800. The van der Waals surface area contributed by atoms with Crippen molar-refractivity contribution in [1.82, 2.24) is 4.98 Å². The molecule has 1 unspecified atom stereocenters. The van der Waals surface area contributed by atoms with Crippen LogP contribution >= 0.6 is 23.1 Å². The second-order valence-corrected chi connectivity index (χ2v) is 9.51. The lowest BCUT2D eigenvalue weighted by Gasteiger charge is -2.17. The van der Waals surface area contributed by atoms with Gasteiger partial charge in [-0.25, -0.2) is 4.98 Å². The van der Waals surface area contributed by atoms with E-state index in [0.717, 1.165) is 16.2 Å². The minimum absolute atomic E-state index is 0.0851. The molecule has 4 aromatic rings. The SMILES string of the molecule is Cc1csc(NC(=O)C(Sc2cccc(NC(=O)c3ccc([N+](=O)[O-])cc3)c2)c2ccccc2)n1. The van der Waals surface area contributed by atoms with Crippen LogP contribution in [0.2, 0.25) is 0 Å². The van der Waals surface area contributed by atoms with Crippen molar-refractivity contribution in [2.24, 2.45) is 0 Å². The summed E-state index contributed by atoms with van der Waals surface area (Å²) in [5, 5.41) is 18.4. The van der Waals surface area contributed by atoms with Crippen molar-refractivity contribution in [3.8, 4) is 0 Å². The molecule has 1 atom stereocenters. The normalized spacial score (nSPS) is 11.5. The van der Waals surface area contributed by atoms with Crippen LogP contribution in [0.1, 0.15) is 26.9 Å². The lowest BCUT2D eigenvalue weighted by Crippen LogP contribution is -2.19. The molecule has 2 N–H and O–H groups in total. The van der Waals surface area contributed by atoms with Gasteiger partial charge in [0.2, 0.25) is 5.91 Å². The Morgan fingerprint density at radius 3 is 2.40 bits per heavy atom. The first-order valence-corrected chi connectivity index (χ1v) is 12.3. The number of aryl methyl sites for hydroxylation is 1. The van der Waals surface area contributed by atoms with E-state index in [2.05, 4.69) is 15.6 Å². The molecule has 10 heteroatoms. The summed E-state index contributed by atoms with van der Waals surface area (Å²) >= 11 is 2.73. The third-order valence-corrected chi connectivity index (χ3v) is 7.00. The van der Waals surface area contributed by atoms with Crippen LogP contribution in [0.4, 0.5) is 16.5 Å². The van der Waals surface area contributed by atoms with Crippen LogP contribution in [0.3, 0.4) is 0 Å². The number of nitro groups is 1. The van der Waals surface area contributed by atoms with Crippen molar-refractivity contribution >= 4 is 51.4 Å². The second kappa shape index (κ2) is 10.9. The maximum Gasteiger partial charge on any atom is 0.269 e. The molecule has 176 valence electrons. The van der Waals surface area contributed by atoms with Crippen LogP contribution in [0, 0.1) is 17.0 Å². The predicted molar refractivity (Wildman–Crippen MR) is 138 cm³/mol. The molecule has 0 saturated heterocycles. The number of hydrogen-bond donors (Lipinski definition) is 2. The fourth-order valence-corrected chi connectivity index (χ4v) is 4.98. The maximum atomic E-state index is 13.2. The van der Waals surface area contributed by atoms with Gasteiger partial charge in [-0.1, -0.05) is 36.4 Å². The van der Waals surface area contributed by atoms with E-state index in [1.54, 1.807) is 18.2 Å². The number of nitrogens with zero attached hydrogens (tertiary/aromatic N) is 2. The second-order valence-electron chi connectivity index (χ2n) is 7.48. The summed E-state index contributed by atoms with van der Waals surface area (Å²) < 4.78 is 0. The summed E-state index contributed by atoms with van der Waals surface area (Å²) in [6.07, 6.45) is 0. The van der Waals surface area contributed by atoms with E-state index in [4.69, 9.17) is 0 Å². The Morgan fingerprint density at radius 1 is 1.00 bits per heavy atom. The summed E-state index contributed by atoms with van der Waals surface area (Å²) in [6.45, 7) is 1.87. The number of amides is 2. The Labute approximate surface area is 209 Å². The Hall–Kier alpha value is -4.02. The Balaban J connectivity index is 1.51. The van der Waals surface area contributed by atoms with Gasteiger partial charge < -0.3 is 10.6 Å². The molecule has 0 aliphatic heterocycles. The Bertz CT molecular complexity index is 1360. The first kappa shape index (κ1) is 24.1. The molecule has 0 fully saturated rings. The number of aromatic nitrogens is 1. The molecule has 1 aromatic heterocycles. The zero-order chi connectivity index (χ0) is 24.8. The van der Waals surface area contributed by atoms with E-state index in [9.17, 15) is 19.7 Å². The molecule has 35 heavy (non-hydrogen) atoms. The molecular weight excluding hydrogens is 484 g/mol. The van der Waals surface area contributed by atoms with Crippen molar-refractivity contribution in [2.75, 3.05) is 10.6 Å². The van der Waals surface area contributed by atoms with Gasteiger partial charge in [-0.2, -0.15) is 0 Å². The molecule has 0 spiro atoms. The van der Waals surface area contributed by atoms with Gasteiger partial charge in [0.25, 0.3) is 11.6 Å². The van der Waals surface area contributed by atoms with Crippen LogP contribution in [0.15, 0.2) is 89.1 Å². The number of thiazole rings is 1. The standard InChI is InChI=1S/C25H20N4O4S2/c1-16-15-34-25(26-16)28-24(31)22(17-6-3-2-4-7-17)35-21-9-5-8-19(14-21)27-23(30)18-10-12-20(13-11-18)29(32)33/h2-15,22H,1H3,(H,27,30)(H,26,28,31). The maximum absolute atomic E-state index is 13.2. The highest BCUT2D eigenvalue weighted by Crippen LogP contribution is 2.37. The number of nitro benzene ring substituents is 1. The van der Waals surface area contributed by atoms with Crippen LogP contribution < -0.4 is 10.6 Å². The summed E-state index contributed by atoms with van der Waals surface area (Å²) in [4.78, 5) is 41.2. The van der Waals surface area contributed by atoms with Gasteiger partial charge in [-0.3, -0.25) is 19.7 Å². The van der Waals surface area contributed by atoms with E-state index in [1.807, 2.05) is 48.7 Å². The lowest BCUT2D eigenvalue weighted by molar-refractivity contribution is -0.384. The zero-order valence-corrected chi connectivity index (χ0v) is 20.1. The number of carbonyl (C=O) groups excluding carboxylic acids is 2. The molecule has 0 radical (unpaired) electrons.